The lowest BCUT2D eigenvalue weighted by molar-refractivity contribution is -0.907. The molecule has 100 valence electrons. The maximum atomic E-state index is 11.9. The van der Waals surface area contributed by atoms with E-state index in [4.69, 9.17) is 9.47 Å². The van der Waals surface area contributed by atoms with Gasteiger partial charge < -0.3 is 31.7 Å². The first-order chi connectivity index (χ1) is 7.86. The first-order valence-electron chi connectivity index (χ1n) is 6.13. The van der Waals surface area contributed by atoms with Gasteiger partial charge in [0.2, 0.25) is 5.91 Å². The van der Waals surface area contributed by atoms with Gasteiger partial charge in [0.05, 0.1) is 39.4 Å². The van der Waals surface area contributed by atoms with Crippen LogP contribution in [0.3, 0.4) is 0 Å². The zero-order valence-corrected chi connectivity index (χ0v) is 10.9. The van der Waals surface area contributed by atoms with Gasteiger partial charge in [0.25, 0.3) is 0 Å². The highest BCUT2D eigenvalue weighted by Gasteiger charge is 2.20. The van der Waals surface area contributed by atoms with Crippen LogP contribution in [0.1, 0.15) is 6.42 Å². The highest BCUT2D eigenvalue weighted by molar-refractivity contribution is 5.76. The van der Waals surface area contributed by atoms with Crippen molar-refractivity contribution in [1.29, 1.82) is 0 Å². The molecule has 17 heavy (non-hydrogen) atoms. The molecule has 6 heteroatoms. The van der Waals surface area contributed by atoms with Crippen molar-refractivity contribution in [3.05, 3.63) is 0 Å². The third kappa shape index (κ3) is 4.79. The summed E-state index contributed by atoms with van der Waals surface area (Å²) in [6, 6.07) is 0. The Morgan fingerprint density at radius 1 is 1.06 bits per heavy atom. The van der Waals surface area contributed by atoms with Crippen molar-refractivity contribution in [2.45, 2.75) is 6.42 Å². The van der Waals surface area contributed by atoms with Crippen molar-refractivity contribution < 1.29 is 31.6 Å². The average molecular weight is 265 g/mol. The summed E-state index contributed by atoms with van der Waals surface area (Å²) in [5, 5.41) is 0. The Bertz CT molecular complexity index is 229. The minimum absolute atomic E-state index is 0. The maximum Gasteiger partial charge on any atom is 0.228 e. The lowest BCUT2D eigenvalue weighted by Crippen LogP contribution is -3.14. The molecule has 2 rings (SSSR count). The summed E-state index contributed by atoms with van der Waals surface area (Å²) in [4.78, 5) is 15.3. The molecular weight excluding hydrogens is 244 g/mol. The van der Waals surface area contributed by atoms with E-state index in [0.717, 1.165) is 45.9 Å². The van der Waals surface area contributed by atoms with Gasteiger partial charge in [-0.25, -0.2) is 0 Å². The summed E-state index contributed by atoms with van der Waals surface area (Å²) < 4.78 is 10.5. The number of hydrogen-bond acceptors (Lipinski definition) is 3. The fourth-order valence-corrected chi connectivity index (χ4v) is 2.16. The predicted octanol–water partition coefficient (Wildman–Crippen LogP) is -4.85. The van der Waals surface area contributed by atoms with Gasteiger partial charge in [-0.05, 0) is 0 Å². The minimum Gasteiger partial charge on any atom is -1.00 e. The van der Waals surface area contributed by atoms with E-state index < -0.39 is 0 Å². The first kappa shape index (κ1) is 14.7. The summed E-state index contributed by atoms with van der Waals surface area (Å²) in [6.07, 6.45) is 0.662. The molecule has 0 aliphatic carbocycles. The summed E-state index contributed by atoms with van der Waals surface area (Å²) >= 11 is 0. The van der Waals surface area contributed by atoms with Crippen LogP contribution in [0, 0.1) is 0 Å². The molecule has 0 atom stereocenters. The number of quaternary nitrogens is 1. The molecule has 2 heterocycles. The second-order valence-corrected chi connectivity index (χ2v) is 4.36. The Morgan fingerprint density at radius 3 is 2.29 bits per heavy atom. The predicted molar refractivity (Wildman–Crippen MR) is 58.4 cm³/mol. The number of amides is 1. The highest BCUT2D eigenvalue weighted by atomic mass is 35.5. The van der Waals surface area contributed by atoms with Crippen LogP contribution in [0.4, 0.5) is 0 Å². The smallest absolute Gasteiger partial charge is 0.228 e. The second kappa shape index (κ2) is 7.87. The molecule has 1 amide bonds. The van der Waals surface area contributed by atoms with Crippen molar-refractivity contribution in [2.24, 2.45) is 0 Å². The van der Waals surface area contributed by atoms with E-state index in [1.54, 1.807) is 0 Å². The Labute approximate surface area is 108 Å². The number of nitrogens with zero attached hydrogens (tertiary/aromatic N) is 1. The molecule has 0 saturated carbocycles. The van der Waals surface area contributed by atoms with Gasteiger partial charge in [0, 0.05) is 13.1 Å². The summed E-state index contributed by atoms with van der Waals surface area (Å²) in [6.45, 7) is 7.59. The number of carbonyl (C=O) groups is 1. The van der Waals surface area contributed by atoms with Crippen molar-refractivity contribution in [1.82, 2.24) is 4.90 Å². The van der Waals surface area contributed by atoms with E-state index in [-0.39, 0.29) is 18.3 Å². The van der Waals surface area contributed by atoms with Gasteiger partial charge in [-0.15, -0.1) is 0 Å². The van der Waals surface area contributed by atoms with Gasteiger partial charge in [0.15, 0.2) is 0 Å². The SMILES string of the molecule is O=C(CC[NH+]1CCOCC1)N1CCOCC1.[Cl-]. The molecular formula is C11H21ClN2O3. The number of ether oxygens (including phenoxy) is 2. The number of carbonyl (C=O) groups excluding carboxylic acids is 1. The third-order valence-corrected chi connectivity index (χ3v) is 3.26. The number of morpholine rings is 2. The van der Waals surface area contributed by atoms with Gasteiger partial charge >= 0.3 is 0 Å². The van der Waals surface area contributed by atoms with Gasteiger partial charge in [-0.1, -0.05) is 0 Å². The van der Waals surface area contributed by atoms with Crippen molar-refractivity contribution >= 4 is 5.91 Å². The summed E-state index contributed by atoms with van der Waals surface area (Å²) in [7, 11) is 0. The number of nitrogens with one attached hydrogen (secondary N) is 1. The molecule has 2 aliphatic heterocycles. The minimum atomic E-state index is 0. The van der Waals surface area contributed by atoms with Crippen LogP contribution in [-0.4, -0.2) is 70.0 Å². The van der Waals surface area contributed by atoms with Crippen LogP contribution in [0.5, 0.6) is 0 Å². The number of halogens is 1. The monoisotopic (exact) mass is 264 g/mol. The fraction of sp³-hybridized carbons (Fsp3) is 0.909. The van der Waals surface area contributed by atoms with E-state index in [0.29, 0.717) is 19.6 Å². The average Bonchev–Trinajstić information content (AvgIpc) is 2.38. The zero-order chi connectivity index (χ0) is 11.2. The first-order valence-corrected chi connectivity index (χ1v) is 6.13. The lowest BCUT2D eigenvalue weighted by atomic mass is 10.3. The molecule has 0 unspecified atom stereocenters. The van der Waals surface area contributed by atoms with Gasteiger partial charge in [-0.2, -0.15) is 0 Å². The van der Waals surface area contributed by atoms with Gasteiger partial charge in [0.1, 0.15) is 13.1 Å². The molecule has 2 fully saturated rings. The number of hydrogen-bond donors (Lipinski definition) is 1. The van der Waals surface area contributed by atoms with Crippen LogP contribution in [0.2, 0.25) is 0 Å². The second-order valence-electron chi connectivity index (χ2n) is 4.36. The Kier molecular flexibility index (Phi) is 6.80. The summed E-state index contributed by atoms with van der Waals surface area (Å²) in [5.74, 6) is 0.280. The molecule has 2 saturated heterocycles. The third-order valence-electron chi connectivity index (χ3n) is 3.26. The molecule has 0 spiro atoms. The molecule has 5 nitrogen and oxygen atoms in total. The van der Waals surface area contributed by atoms with Crippen LogP contribution < -0.4 is 17.3 Å². The summed E-state index contributed by atoms with van der Waals surface area (Å²) in [5.41, 5.74) is 0. The van der Waals surface area contributed by atoms with E-state index in [1.807, 2.05) is 4.90 Å². The number of rotatable bonds is 3. The molecule has 0 aromatic heterocycles. The van der Waals surface area contributed by atoms with Crippen LogP contribution in [0.15, 0.2) is 0 Å². The van der Waals surface area contributed by atoms with Crippen LogP contribution in [0.25, 0.3) is 0 Å². The standard InChI is InChI=1S/C11H20N2O3.ClH/c14-11(13-5-9-16-10-6-13)1-2-12-3-7-15-8-4-12;/h1-10H2;1H. The molecule has 1 N–H and O–H groups in total. The van der Waals surface area contributed by atoms with E-state index in [9.17, 15) is 4.79 Å². The Morgan fingerprint density at radius 2 is 1.65 bits per heavy atom. The quantitative estimate of drug-likeness (QED) is 0.556. The molecule has 0 aromatic rings. The van der Waals surface area contributed by atoms with Crippen molar-refractivity contribution in [3.8, 4) is 0 Å². The van der Waals surface area contributed by atoms with Crippen LogP contribution >= 0.6 is 0 Å². The highest BCUT2D eigenvalue weighted by Crippen LogP contribution is 1.98. The van der Waals surface area contributed by atoms with Crippen molar-refractivity contribution in [3.63, 3.8) is 0 Å². The van der Waals surface area contributed by atoms with E-state index in [1.165, 1.54) is 4.90 Å². The van der Waals surface area contributed by atoms with E-state index in [2.05, 4.69) is 0 Å². The molecule has 0 radical (unpaired) electrons. The fourth-order valence-electron chi connectivity index (χ4n) is 2.16. The Hall–Kier alpha value is -0.360. The maximum absolute atomic E-state index is 11.9. The molecule has 0 aromatic carbocycles. The van der Waals surface area contributed by atoms with Gasteiger partial charge in [-0.3, -0.25) is 4.79 Å². The van der Waals surface area contributed by atoms with Crippen molar-refractivity contribution in [2.75, 3.05) is 59.2 Å². The Balaban J connectivity index is 0.00000144. The normalized spacial score (nSPS) is 22.0. The van der Waals surface area contributed by atoms with Crippen LogP contribution in [-0.2, 0) is 14.3 Å². The topological polar surface area (TPSA) is 43.2 Å². The largest absolute Gasteiger partial charge is 1.00 e. The lowest BCUT2D eigenvalue weighted by Gasteiger charge is -2.28. The molecule has 0 bridgehead atoms. The van der Waals surface area contributed by atoms with E-state index >= 15 is 0 Å². The molecule has 2 aliphatic rings. The zero-order valence-electron chi connectivity index (χ0n) is 10.1.